The highest BCUT2D eigenvalue weighted by atomic mass is 16.7. The number of carbonyl (C=O) groups is 3. The minimum atomic E-state index is -0.988. The Morgan fingerprint density at radius 3 is 2.67 bits per heavy atom. The second kappa shape index (κ2) is 9.91. The lowest BCUT2D eigenvalue weighted by Crippen LogP contribution is -2.41. The molecule has 1 aliphatic rings. The molecular weight excluding hydrogens is 354 g/mol. The third-order valence-corrected chi connectivity index (χ3v) is 3.77. The molecule has 9 nitrogen and oxygen atoms in total. The molecule has 1 heterocycles. The third kappa shape index (κ3) is 5.54. The van der Waals surface area contributed by atoms with E-state index in [1.165, 1.54) is 11.0 Å². The standard InChI is InChI=1S/C18H19N3O6/c1-2-25-16(22)14(11-19)20-27-17(23)15-9-6-10-21(15)18(24)26-12-13-7-4-3-5-8-13/h3-5,7-8,15H,2,6,9-10,12H2,1H3/t15-/m0/s1. The van der Waals surface area contributed by atoms with Gasteiger partial charge in [-0.05, 0) is 25.3 Å². The number of hydrogen-bond donors (Lipinski definition) is 0. The van der Waals surface area contributed by atoms with Crippen LogP contribution in [-0.2, 0) is 30.5 Å². The van der Waals surface area contributed by atoms with Crippen LogP contribution in [0.25, 0.3) is 0 Å². The molecule has 0 spiro atoms. The molecule has 0 unspecified atom stereocenters. The quantitative estimate of drug-likeness (QED) is 0.323. The van der Waals surface area contributed by atoms with E-state index in [0.717, 1.165) is 5.56 Å². The van der Waals surface area contributed by atoms with Crippen LogP contribution in [0.15, 0.2) is 35.5 Å². The fourth-order valence-corrected chi connectivity index (χ4v) is 2.49. The number of carbonyl (C=O) groups excluding carboxylic acids is 3. The van der Waals surface area contributed by atoms with E-state index in [9.17, 15) is 14.4 Å². The Labute approximate surface area is 156 Å². The highest BCUT2D eigenvalue weighted by molar-refractivity contribution is 6.42. The number of esters is 1. The summed E-state index contributed by atoms with van der Waals surface area (Å²) in [5, 5.41) is 12.1. The van der Waals surface area contributed by atoms with E-state index in [1.54, 1.807) is 6.92 Å². The molecular formula is C18H19N3O6. The largest absolute Gasteiger partial charge is 0.461 e. The fraction of sp³-hybridized carbons (Fsp3) is 0.389. The van der Waals surface area contributed by atoms with Gasteiger partial charge in [0.05, 0.1) is 6.61 Å². The second-order valence-corrected chi connectivity index (χ2v) is 5.57. The van der Waals surface area contributed by atoms with Gasteiger partial charge in [-0.1, -0.05) is 35.5 Å². The van der Waals surface area contributed by atoms with Crippen molar-refractivity contribution in [1.29, 1.82) is 5.26 Å². The zero-order valence-electron chi connectivity index (χ0n) is 14.8. The Morgan fingerprint density at radius 1 is 1.26 bits per heavy atom. The van der Waals surface area contributed by atoms with Crippen molar-refractivity contribution in [2.24, 2.45) is 5.16 Å². The van der Waals surface area contributed by atoms with Crippen LogP contribution in [-0.4, -0.2) is 47.8 Å². The smallest absolute Gasteiger partial charge is 0.410 e. The summed E-state index contributed by atoms with van der Waals surface area (Å²) < 4.78 is 9.84. The summed E-state index contributed by atoms with van der Waals surface area (Å²) >= 11 is 0. The Bertz CT molecular complexity index is 756. The predicted molar refractivity (Wildman–Crippen MR) is 92.1 cm³/mol. The normalized spacial score (nSPS) is 16.4. The van der Waals surface area contributed by atoms with Crippen LogP contribution < -0.4 is 0 Å². The first-order chi connectivity index (χ1) is 13.1. The lowest BCUT2D eigenvalue weighted by Gasteiger charge is -2.21. The summed E-state index contributed by atoms with van der Waals surface area (Å²) in [5.41, 5.74) is 0.142. The molecule has 142 valence electrons. The molecule has 0 radical (unpaired) electrons. The molecule has 1 saturated heterocycles. The van der Waals surface area contributed by atoms with Crippen LogP contribution in [0.5, 0.6) is 0 Å². The molecule has 1 atom stereocenters. The average Bonchev–Trinajstić information content (AvgIpc) is 3.17. The number of nitrogens with zero attached hydrogens (tertiary/aromatic N) is 3. The zero-order valence-corrected chi connectivity index (χ0v) is 14.8. The second-order valence-electron chi connectivity index (χ2n) is 5.57. The molecule has 1 fully saturated rings. The summed E-state index contributed by atoms with van der Waals surface area (Å²) in [6.45, 7) is 2.03. The summed E-state index contributed by atoms with van der Waals surface area (Å²) in [6.07, 6.45) is 0.316. The van der Waals surface area contributed by atoms with Crippen molar-refractivity contribution in [3.05, 3.63) is 35.9 Å². The molecule has 1 amide bonds. The van der Waals surface area contributed by atoms with Crippen LogP contribution >= 0.6 is 0 Å². The lowest BCUT2D eigenvalue weighted by molar-refractivity contribution is -0.148. The molecule has 0 aromatic heterocycles. The molecule has 9 heteroatoms. The van der Waals surface area contributed by atoms with E-state index in [1.807, 2.05) is 30.3 Å². The SMILES string of the molecule is CCOC(=O)C(C#N)=NOC(=O)[C@@H]1CCCN1C(=O)OCc1ccccc1. The van der Waals surface area contributed by atoms with Crippen molar-refractivity contribution in [2.45, 2.75) is 32.4 Å². The van der Waals surface area contributed by atoms with Gasteiger partial charge in [0.2, 0.25) is 0 Å². The monoisotopic (exact) mass is 373 g/mol. The topological polar surface area (TPSA) is 118 Å². The van der Waals surface area contributed by atoms with E-state index in [4.69, 9.17) is 10.00 Å². The Kier molecular flexibility index (Phi) is 7.31. The van der Waals surface area contributed by atoms with Crippen LogP contribution in [0.3, 0.4) is 0 Å². The fourth-order valence-electron chi connectivity index (χ4n) is 2.49. The minimum Gasteiger partial charge on any atom is -0.461 e. The van der Waals surface area contributed by atoms with E-state index in [0.29, 0.717) is 19.4 Å². The van der Waals surface area contributed by atoms with Gasteiger partial charge in [0.15, 0.2) is 0 Å². The first kappa shape index (κ1) is 19.9. The first-order valence-corrected chi connectivity index (χ1v) is 8.40. The number of benzene rings is 1. The number of oxime groups is 1. The van der Waals surface area contributed by atoms with E-state index < -0.39 is 29.8 Å². The van der Waals surface area contributed by atoms with E-state index in [2.05, 4.69) is 14.7 Å². The number of nitriles is 1. The molecule has 0 saturated carbocycles. The van der Waals surface area contributed by atoms with Gasteiger partial charge in [-0.3, -0.25) is 4.90 Å². The maximum Gasteiger partial charge on any atom is 0.410 e. The summed E-state index contributed by atoms with van der Waals surface area (Å²) in [4.78, 5) is 41.8. The summed E-state index contributed by atoms with van der Waals surface area (Å²) in [7, 11) is 0. The van der Waals surface area contributed by atoms with Crippen LogP contribution in [0.4, 0.5) is 4.79 Å². The molecule has 27 heavy (non-hydrogen) atoms. The number of ether oxygens (including phenoxy) is 2. The molecule has 1 aliphatic heterocycles. The Hall–Kier alpha value is -3.41. The van der Waals surface area contributed by atoms with Crippen molar-refractivity contribution in [3.63, 3.8) is 0 Å². The van der Waals surface area contributed by atoms with Gasteiger partial charge in [0.25, 0.3) is 5.71 Å². The number of rotatable bonds is 6. The number of likely N-dealkylation sites (tertiary alicyclic amines) is 1. The molecule has 2 rings (SSSR count). The summed E-state index contributed by atoms with van der Waals surface area (Å²) in [5.74, 6) is -1.83. The molecule has 1 aromatic carbocycles. The highest BCUT2D eigenvalue weighted by Gasteiger charge is 2.37. The first-order valence-electron chi connectivity index (χ1n) is 8.40. The molecule has 0 bridgehead atoms. The molecule has 0 aliphatic carbocycles. The van der Waals surface area contributed by atoms with E-state index >= 15 is 0 Å². The maximum atomic E-state index is 12.3. The van der Waals surface area contributed by atoms with Crippen molar-refractivity contribution in [1.82, 2.24) is 4.90 Å². The zero-order chi connectivity index (χ0) is 19.6. The van der Waals surface area contributed by atoms with Gasteiger partial charge in [-0.2, -0.15) is 5.26 Å². The summed E-state index contributed by atoms with van der Waals surface area (Å²) in [6, 6.07) is 9.75. The Morgan fingerprint density at radius 2 is 2.00 bits per heavy atom. The van der Waals surface area contributed by atoms with Gasteiger partial charge in [-0.25, -0.2) is 14.4 Å². The number of hydrogen-bond acceptors (Lipinski definition) is 8. The van der Waals surface area contributed by atoms with Crippen molar-refractivity contribution in [2.75, 3.05) is 13.2 Å². The van der Waals surface area contributed by atoms with E-state index in [-0.39, 0.29) is 13.2 Å². The van der Waals surface area contributed by atoms with Gasteiger partial charge in [0, 0.05) is 6.54 Å². The molecule has 1 aromatic rings. The average molecular weight is 373 g/mol. The maximum absolute atomic E-state index is 12.3. The molecule has 0 N–H and O–H groups in total. The van der Waals surface area contributed by atoms with Crippen molar-refractivity contribution >= 4 is 23.7 Å². The highest BCUT2D eigenvalue weighted by Crippen LogP contribution is 2.20. The Balaban J connectivity index is 1.94. The number of amides is 1. The van der Waals surface area contributed by atoms with Gasteiger partial charge >= 0.3 is 18.0 Å². The van der Waals surface area contributed by atoms with Crippen LogP contribution in [0.1, 0.15) is 25.3 Å². The lowest BCUT2D eigenvalue weighted by atomic mass is 10.2. The van der Waals surface area contributed by atoms with Crippen LogP contribution in [0.2, 0.25) is 0 Å². The van der Waals surface area contributed by atoms with Gasteiger partial charge in [0.1, 0.15) is 18.7 Å². The van der Waals surface area contributed by atoms with Crippen molar-refractivity contribution in [3.8, 4) is 6.07 Å². The third-order valence-electron chi connectivity index (χ3n) is 3.77. The van der Waals surface area contributed by atoms with Gasteiger partial charge in [-0.15, -0.1) is 0 Å². The van der Waals surface area contributed by atoms with Gasteiger partial charge < -0.3 is 14.3 Å². The van der Waals surface area contributed by atoms with Crippen molar-refractivity contribution < 1.29 is 28.7 Å². The van der Waals surface area contributed by atoms with Crippen LogP contribution in [0, 0.1) is 11.3 Å². The predicted octanol–water partition coefficient (Wildman–Crippen LogP) is 1.77. The minimum absolute atomic E-state index is 0.0527.